The maximum Gasteiger partial charge on any atom is 0.231 e. The van der Waals surface area contributed by atoms with Crippen LogP contribution in [-0.2, 0) is 23.5 Å². The van der Waals surface area contributed by atoms with Crippen molar-refractivity contribution in [3.05, 3.63) is 35.7 Å². The highest BCUT2D eigenvalue weighted by atomic mass is 16.7. The van der Waals surface area contributed by atoms with Crippen molar-refractivity contribution in [2.45, 2.75) is 69.7 Å². The van der Waals surface area contributed by atoms with Gasteiger partial charge in [-0.25, -0.2) is 4.68 Å². The van der Waals surface area contributed by atoms with E-state index in [1.807, 2.05) is 29.1 Å². The van der Waals surface area contributed by atoms with Crippen LogP contribution in [0.2, 0.25) is 0 Å². The summed E-state index contributed by atoms with van der Waals surface area (Å²) in [5.74, 6) is 2.12. The van der Waals surface area contributed by atoms with Gasteiger partial charge >= 0.3 is 0 Å². The number of fused-ring (bicyclic) bond motifs is 4. The number of quaternary nitrogens is 1. The third-order valence-electron chi connectivity index (χ3n) is 8.40. The van der Waals surface area contributed by atoms with Gasteiger partial charge in [0.1, 0.15) is 17.3 Å². The first-order valence-electron chi connectivity index (χ1n) is 12.7. The van der Waals surface area contributed by atoms with E-state index in [0.29, 0.717) is 18.5 Å². The van der Waals surface area contributed by atoms with Gasteiger partial charge in [-0.1, -0.05) is 30.5 Å². The van der Waals surface area contributed by atoms with Gasteiger partial charge < -0.3 is 24.8 Å². The van der Waals surface area contributed by atoms with Crippen molar-refractivity contribution >= 4 is 5.91 Å². The number of hydrogen-bond acceptors (Lipinski definition) is 6. The molecule has 4 aliphatic heterocycles. The van der Waals surface area contributed by atoms with E-state index in [4.69, 9.17) is 9.47 Å². The van der Waals surface area contributed by atoms with Crippen molar-refractivity contribution in [2.75, 3.05) is 19.9 Å². The fourth-order valence-corrected chi connectivity index (χ4v) is 6.41. The third-order valence-corrected chi connectivity index (χ3v) is 8.40. The maximum absolute atomic E-state index is 13.0. The van der Waals surface area contributed by atoms with Crippen molar-refractivity contribution in [3.63, 3.8) is 0 Å². The minimum atomic E-state index is -0.809. The van der Waals surface area contributed by atoms with Gasteiger partial charge in [-0.3, -0.25) is 4.79 Å². The molecule has 4 fully saturated rings. The number of benzene rings is 1. The van der Waals surface area contributed by atoms with Gasteiger partial charge in [0.15, 0.2) is 11.5 Å². The summed E-state index contributed by atoms with van der Waals surface area (Å²) in [4.78, 5) is 14.5. The zero-order valence-corrected chi connectivity index (χ0v) is 19.5. The molecule has 7 rings (SSSR count). The van der Waals surface area contributed by atoms with Gasteiger partial charge in [0.2, 0.25) is 12.7 Å². The highest BCUT2D eigenvalue weighted by Crippen LogP contribution is 2.36. The average Bonchev–Trinajstić information content (AvgIpc) is 3.53. The summed E-state index contributed by atoms with van der Waals surface area (Å²) in [6.07, 6.45) is 8.89. The van der Waals surface area contributed by atoms with Crippen LogP contribution in [0.1, 0.15) is 56.2 Å². The summed E-state index contributed by atoms with van der Waals surface area (Å²) >= 11 is 0. The monoisotopic (exact) mass is 468 g/mol. The molecule has 9 heteroatoms. The summed E-state index contributed by atoms with van der Waals surface area (Å²) in [5.41, 5.74) is 0.931. The Balaban J connectivity index is 1.04. The fraction of sp³-hybridized carbons (Fsp3) is 0.640. The lowest BCUT2D eigenvalue weighted by Crippen LogP contribution is -3.20. The van der Waals surface area contributed by atoms with E-state index in [1.54, 1.807) is 0 Å². The van der Waals surface area contributed by atoms with Crippen molar-refractivity contribution < 1.29 is 24.3 Å². The van der Waals surface area contributed by atoms with Crippen LogP contribution in [0, 0.1) is 11.8 Å². The van der Waals surface area contributed by atoms with Crippen LogP contribution in [0.3, 0.4) is 0 Å². The molecule has 0 spiro atoms. The second kappa shape index (κ2) is 8.85. The zero-order valence-electron chi connectivity index (χ0n) is 19.5. The Morgan fingerprint density at radius 1 is 1.24 bits per heavy atom. The van der Waals surface area contributed by atoms with E-state index in [9.17, 15) is 9.90 Å². The summed E-state index contributed by atoms with van der Waals surface area (Å²) < 4.78 is 12.7. The molecular weight excluding hydrogens is 434 g/mol. The van der Waals surface area contributed by atoms with Crippen LogP contribution in [0.25, 0.3) is 0 Å². The Morgan fingerprint density at radius 3 is 2.91 bits per heavy atom. The predicted molar refractivity (Wildman–Crippen MR) is 122 cm³/mol. The average molecular weight is 469 g/mol. The predicted octanol–water partition coefficient (Wildman–Crippen LogP) is 0.768. The smallest absolute Gasteiger partial charge is 0.231 e. The molecule has 5 heterocycles. The normalized spacial score (nSPS) is 29.2. The van der Waals surface area contributed by atoms with Crippen LogP contribution in [0.5, 0.6) is 11.5 Å². The quantitative estimate of drug-likeness (QED) is 0.579. The van der Waals surface area contributed by atoms with Gasteiger partial charge in [0.25, 0.3) is 0 Å². The minimum Gasteiger partial charge on any atom is -0.454 e. The molecule has 2 aromatic rings. The Kier molecular flexibility index (Phi) is 5.69. The summed E-state index contributed by atoms with van der Waals surface area (Å²) in [6, 6.07) is 6.25. The number of rotatable bonds is 6. The van der Waals surface area contributed by atoms with E-state index >= 15 is 0 Å². The minimum absolute atomic E-state index is 0.0586. The Labute approximate surface area is 199 Å². The molecule has 2 bridgehead atoms. The number of carbonyl (C=O) groups is 1. The van der Waals surface area contributed by atoms with Crippen LogP contribution in [0.4, 0.5) is 0 Å². The maximum atomic E-state index is 13.0. The molecular formula is C25H34N5O4+. The number of piperidine rings is 3. The molecule has 5 aliphatic rings. The molecule has 182 valence electrons. The standard InChI is InChI=1S/C25H33N5O4/c31-24(26-12-17-4-5-21-22(10-17)34-16-33-21)20-14-29-9-6-18(20)11-19(29)13-30-15-23(27-28-30)25(32)7-2-1-3-8-25/h4-5,10,15,18-20,32H,1-3,6-9,11-14,16H2,(H,26,31)/p+1/t18-,19-,20+/m1/s1. The molecule has 0 radical (unpaired) electrons. The molecule has 4 atom stereocenters. The van der Waals surface area contributed by atoms with E-state index in [2.05, 4.69) is 15.6 Å². The Morgan fingerprint density at radius 2 is 2.09 bits per heavy atom. The molecule has 1 saturated carbocycles. The number of hydrogen-bond donors (Lipinski definition) is 3. The van der Waals surface area contributed by atoms with Gasteiger partial charge in [0.05, 0.1) is 31.7 Å². The second-order valence-corrected chi connectivity index (χ2v) is 10.5. The van der Waals surface area contributed by atoms with E-state index < -0.39 is 5.60 Å². The lowest BCUT2D eigenvalue weighted by Gasteiger charge is -2.46. The number of aliphatic hydroxyl groups is 1. The fourth-order valence-electron chi connectivity index (χ4n) is 6.41. The molecule has 1 aromatic carbocycles. The first kappa shape index (κ1) is 21.9. The van der Waals surface area contributed by atoms with E-state index in [1.165, 1.54) is 11.3 Å². The third kappa shape index (κ3) is 4.15. The van der Waals surface area contributed by atoms with Crippen LogP contribution in [0.15, 0.2) is 24.4 Å². The molecule has 1 aliphatic carbocycles. The summed E-state index contributed by atoms with van der Waals surface area (Å²) in [7, 11) is 0. The van der Waals surface area contributed by atoms with Gasteiger partial charge in [-0.2, -0.15) is 0 Å². The van der Waals surface area contributed by atoms with Crippen molar-refractivity contribution in [1.82, 2.24) is 20.3 Å². The Bertz CT molecular complexity index is 1050. The molecule has 3 saturated heterocycles. The van der Waals surface area contributed by atoms with E-state index in [0.717, 1.165) is 80.9 Å². The summed E-state index contributed by atoms with van der Waals surface area (Å²) in [5, 5.41) is 22.8. The topological polar surface area (TPSA) is 103 Å². The SMILES string of the molecule is O=C(NCc1ccc2c(c1)OCO2)[C@H]1C[NH+]2CC[C@@H]1C[C@@H]2Cn1cc(C2(O)CCCCC2)nn1. The van der Waals surface area contributed by atoms with E-state index in [-0.39, 0.29) is 18.6 Å². The molecule has 1 amide bonds. The van der Waals surface area contributed by atoms with Gasteiger partial charge in [-0.05, 0) is 36.5 Å². The van der Waals surface area contributed by atoms with Crippen LogP contribution in [-0.4, -0.2) is 51.9 Å². The number of carbonyl (C=O) groups excluding carboxylic acids is 1. The number of nitrogens with one attached hydrogen (secondary N) is 2. The van der Waals surface area contributed by atoms with Crippen LogP contribution >= 0.6 is 0 Å². The first-order valence-corrected chi connectivity index (χ1v) is 12.7. The van der Waals surface area contributed by atoms with Gasteiger partial charge in [0, 0.05) is 19.4 Å². The summed E-state index contributed by atoms with van der Waals surface area (Å²) in [6.45, 7) is 3.52. The molecule has 1 aromatic heterocycles. The lowest BCUT2D eigenvalue weighted by molar-refractivity contribution is -0.945. The Hall–Kier alpha value is -2.65. The first-order chi connectivity index (χ1) is 16.6. The van der Waals surface area contributed by atoms with Crippen LogP contribution < -0.4 is 19.7 Å². The number of ether oxygens (including phenoxy) is 2. The lowest BCUT2D eigenvalue weighted by atomic mass is 9.75. The largest absolute Gasteiger partial charge is 0.454 e. The number of aromatic nitrogens is 3. The second-order valence-electron chi connectivity index (χ2n) is 10.5. The van der Waals surface area contributed by atoms with Crippen molar-refractivity contribution in [3.8, 4) is 11.5 Å². The molecule has 1 unspecified atom stereocenters. The molecule has 34 heavy (non-hydrogen) atoms. The zero-order chi connectivity index (χ0) is 23.1. The molecule has 9 nitrogen and oxygen atoms in total. The highest BCUT2D eigenvalue weighted by Gasteiger charge is 2.46. The van der Waals surface area contributed by atoms with Gasteiger partial charge in [-0.15, -0.1) is 5.10 Å². The number of amides is 1. The van der Waals surface area contributed by atoms with Crippen molar-refractivity contribution in [2.24, 2.45) is 11.8 Å². The van der Waals surface area contributed by atoms with Crippen molar-refractivity contribution in [1.29, 1.82) is 0 Å². The highest BCUT2D eigenvalue weighted by molar-refractivity contribution is 5.79. The molecule has 3 N–H and O–H groups in total. The number of nitrogens with zero attached hydrogens (tertiary/aromatic N) is 3.